The van der Waals surface area contributed by atoms with E-state index in [-0.39, 0.29) is 5.91 Å². The highest BCUT2D eigenvalue weighted by atomic mass is 16.2. The number of piperidine rings is 1. The molecule has 132 valence electrons. The van der Waals surface area contributed by atoms with Gasteiger partial charge in [0.15, 0.2) is 5.69 Å². The molecule has 3 heterocycles. The van der Waals surface area contributed by atoms with Crippen LogP contribution in [-0.4, -0.2) is 76.0 Å². The van der Waals surface area contributed by atoms with Crippen LogP contribution in [0.3, 0.4) is 0 Å². The van der Waals surface area contributed by atoms with Crippen molar-refractivity contribution >= 4 is 5.91 Å². The van der Waals surface area contributed by atoms with E-state index in [1.807, 2.05) is 16.5 Å². The maximum atomic E-state index is 12.9. The van der Waals surface area contributed by atoms with Crippen molar-refractivity contribution in [3.05, 3.63) is 11.4 Å². The van der Waals surface area contributed by atoms with E-state index >= 15 is 0 Å². The molecule has 1 N–H and O–H groups in total. The molecule has 24 heavy (non-hydrogen) atoms. The molecule has 3 aliphatic rings. The molecule has 2 saturated heterocycles. The monoisotopic (exact) mass is 332 g/mol. The lowest BCUT2D eigenvalue weighted by Crippen LogP contribution is -2.53. The normalized spacial score (nSPS) is 24.1. The topological polar surface area (TPSA) is 66.3 Å². The lowest BCUT2D eigenvalue weighted by Gasteiger charge is -2.42. The van der Waals surface area contributed by atoms with Crippen LogP contribution in [0.4, 0.5) is 0 Å². The molecular weight excluding hydrogens is 304 g/mol. The summed E-state index contributed by atoms with van der Waals surface area (Å²) in [5.74, 6) is 0.0564. The van der Waals surface area contributed by atoms with E-state index in [2.05, 4.69) is 20.5 Å². The maximum absolute atomic E-state index is 12.9. The summed E-state index contributed by atoms with van der Waals surface area (Å²) in [4.78, 5) is 17.4. The molecule has 7 nitrogen and oxygen atoms in total. The summed E-state index contributed by atoms with van der Waals surface area (Å²) < 4.78 is 1.97. The van der Waals surface area contributed by atoms with Crippen molar-refractivity contribution in [1.82, 2.24) is 30.1 Å². The van der Waals surface area contributed by atoms with Crippen LogP contribution in [0.15, 0.2) is 0 Å². The van der Waals surface area contributed by atoms with Crippen molar-refractivity contribution in [2.45, 2.75) is 51.1 Å². The number of hydrogen-bond donors (Lipinski definition) is 1. The van der Waals surface area contributed by atoms with Gasteiger partial charge in [0.1, 0.15) is 0 Å². The molecule has 0 aromatic carbocycles. The first-order chi connectivity index (χ1) is 11.7. The minimum absolute atomic E-state index is 0.0564. The summed E-state index contributed by atoms with van der Waals surface area (Å²) in [5, 5.41) is 11.9. The van der Waals surface area contributed by atoms with Crippen LogP contribution in [0.2, 0.25) is 0 Å². The summed E-state index contributed by atoms with van der Waals surface area (Å²) in [6, 6.07) is 1.14. The zero-order valence-electron chi connectivity index (χ0n) is 14.6. The molecular formula is C17H28N6O. The van der Waals surface area contributed by atoms with Crippen LogP contribution < -0.4 is 5.32 Å². The van der Waals surface area contributed by atoms with Gasteiger partial charge in [-0.25, -0.2) is 4.68 Å². The average Bonchev–Trinajstić information content (AvgIpc) is 2.96. The molecule has 4 rings (SSSR count). The Morgan fingerprint density at radius 1 is 1.04 bits per heavy atom. The van der Waals surface area contributed by atoms with Crippen LogP contribution in [-0.2, 0) is 0 Å². The van der Waals surface area contributed by atoms with Crippen LogP contribution in [0.1, 0.15) is 54.3 Å². The van der Waals surface area contributed by atoms with Crippen molar-refractivity contribution in [2.24, 2.45) is 0 Å². The maximum Gasteiger partial charge on any atom is 0.276 e. The van der Waals surface area contributed by atoms with E-state index < -0.39 is 0 Å². The van der Waals surface area contributed by atoms with Gasteiger partial charge in [-0.3, -0.25) is 9.69 Å². The molecule has 1 aromatic rings. The second-order valence-corrected chi connectivity index (χ2v) is 7.36. The zero-order chi connectivity index (χ0) is 16.5. The van der Waals surface area contributed by atoms with Crippen molar-refractivity contribution in [1.29, 1.82) is 0 Å². The fourth-order valence-corrected chi connectivity index (χ4v) is 4.13. The molecule has 2 aliphatic heterocycles. The Morgan fingerprint density at radius 2 is 1.75 bits per heavy atom. The molecule has 1 aromatic heterocycles. The first kappa shape index (κ1) is 16.0. The number of carbonyl (C=O) groups is 1. The van der Waals surface area contributed by atoms with Gasteiger partial charge in [-0.05, 0) is 45.7 Å². The molecule has 1 aliphatic carbocycles. The standard InChI is InChI=1S/C17H28N6O/c1-13-16(19-20-23(13)15-5-7-18-8-6-15)17(24)22-11-9-21(10-12-22)14-3-2-4-14/h14-15,18H,2-12H2,1H3. The van der Waals surface area contributed by atoms with Gasteiger partial charge in [-0.2, -0.15) is 0 Å². The zero-order valence-corrected chi connectivity index (χ0v) is 14.6. The highest BCUT2D eigenvalue weighted by Crippen LogP contribution is 2.26. The van der Waals surface area contributed by atoms with Gasteiger partial charge >= 0.3 is 0 Å². The fourth-order valence-electron chi connectivity index (χ4n) is 4.13. The van der Waals surface area contributed by atoms with Gasteiger partial charge in [0, 0.05) is 32.2 Å². The first-order valence-corrected chi connectivity index (χ1v) is 9.40. The number of amides is 1. The van der Waals surface area contributed by atoms with Gasteiger partial charge in [-0.15, -0.1) is 5.10 Å². The number of carbonyl (C=O) groups excluding carboxylic acids is 1. The lowest BCUT2D eigenvalue weighted by atomic mass is 9.91. The average molecular weight is 332 g/mol. The predicted octanol–water partition coefficient (Wildman–Crippen LogP) is 0.821. The Morgan fingerprint density at radius 3 is 2.38 bits per heavy atom. The van der Waals surface area contributed by atoms with Crippen molar-refractivity contribution in [3.63, 3.8) is 0 Å². The van der Waals surface area contributed by atoms with Crippen LogP contribution >= 0.6 is 0 Å². The second kappa shape index (κ2) is 6.80. The number of nitrogens with zero attached hydrogens (tertiary/aromatic N) is 5. The highest BCUT2D eigenvalue weighted by Gasteiger charge is 2.31. The molecule has 3 fully saturated rings. The molecule has 0 bridgehead atoms. The summed E-state index contributed by atoms with van der Waals surface area (Å²) in [5.41, 5.74) is 1.47. The van der Waals surface area contributed by atoms with Crippen LogP contribution in [0, 0.1) is 6.92 Å². The van der Waals surface area contributed by atoms with E-state index in [4.69, 9.17) is 0 Å². The van der Waals surface area contributed by atoms with E-state index in [0.29, 0.717) is 11.7 Å². The van der Waals surface area contributed by atoms with E-state index in [1.165, 1.54) is 19.3 Å². The molecule has 0 atom stereocenters. The summed E-state index contributed by atoms with van der Waals surface area (Å²) in [7, 11) is 0. The SMILES string of the molecule is Cc1c(C(=O)N2CCN(C3CCC3)CC2)nnn1C1CCNCC1. The third kappa shape index (κ3) is 2.95. The van der Waals surface area contributed by atoms with E-state index in [1.54, 1.807) is 0 Å². The Balaban J connectivity index is 1.40. The number of nitrogens with one attached hydrogen (secondary N) is 1. The van der Waals surface area contributed by atoms with Gasteiger partial charge in [0.2, 0.25) is 0 Å². The van der Waals surface area contributed by atoms with Crippen molar-refractivity contribution in [3.8, 4) is 0 Å². The summed E-state index contributed by atoms with van der Waals surface area (Å²) in [6.45, 7) is 7.63. The smallest absolute Gasteiger partial charge is 0.276 e. The molecule has 7 heteroatoms. The minimum atomic E-state index is 0.0564. The van der Waals surface area contributed by atoms with E-state index in [9.17, 15) is 4.79 Å². The Kier molecular flexibility index (Phi) is 4.54. The molecule has 1 saturated carbocycles. The number of rotatable bonds is 3. The molecule has 1 amide bonds. The van der Waals surface area contributed by atoms with Gasteiger partial charge < -0.3 is 10.2 Å². The summed E-state index contributed by atoms with van der Waals surface area (Å²) in [6.07, 6.45) is 6.13. The van der Waals surface area contributed by atoms with Crippen LogP contribution in [0.5, 0.6) is 0 Å². The quantitative estimate of drug-likeness (QED) is 0.888. The number of aromatic nitrogens is 3. The number of hydrogen-bond acceptors (Lipinski definition) is 5. The van der Waals surface area contributed by atoms with Gasteiger partial charge in [0.05, 0.1) is 11.7 Å². The fraction of sp³-hybridized carbons (Fsp3) is 0.824. The lowest BCUT2D eigenvalue weighted by molar-refractivity contribution is 0.0450. The van der Waals surface area contributed by atoms with Crippen molar-refractivity contribution in [2.75, 3.05) is 39.3 Å². The van der Waals surface area contributed by atoms with Crippen LogP contribution in [0.25, 0.3) is 0 Å². The molecule has 0 unspecified atom stereocenters. The molecule has 0 radical (unpaired) electrons. The largest absolute Gasteiger partial charge is 0.335 e. The Hall–Kier alpha value is -1.47. The third-order valence-corrected chi connectivity index (χ3v) is 5.98. The minimum Gasteiger partial charge on any atom is -0.335 e. The Labute approximate surface area is 143 Å². The molecule has 0 spiro atoms. The van der Waals surface area contributed by atoms with Gasteiger partial charge in [0.25, 0.3) is 5.91 Å². The second-order valence-electron chi connectivity index (χ2n) is 7.36. The first-order valence-electron chi connectivity index (χ1n) is 9.40. The Bertz CT molecular complexity index is 582. The van der Waals surface area contributed by atoms with Gasteiger partial charge in [-0.1, -0.05) is 11.6 Å². The third-order valence-electron chi connectivity index (χ3n) is 5.98. The van der Waals surface area contributed by atoms with Crippen molar-refractivity contribution < 1.29 is 4.79 Å². The van der Waals surface area contributed by atoms with E-state index in [0.717, 1.165) is 63.8 Å². The number of piperazine rings is 1. The highest BCUT2D eigenvalue weighted by molar-refractivity contribution is 5.93. The predicted molar refractivity (Wildman–Crippen MR) is 91.0 cm³/mol. The summed E-state index contributed by atoms with van der Waals surface area (Å²) >= 11 is 0.